The van der Waals surface area contributed by atoms with Gasteiger partial charge >= 0.3 is 0 Å². The van der Waals surface area contributed by atoms with Crippen LogP contribution in [0.5, 0.6) is 0 Å². The molecule has 1 aromatic heterocycles. The molecule has 1 aliphatic rings. The second-order valence-corrected chi connectivity index (χ2v) is 5.46. The van der Waals surface area contributed by atoms with Gasteiger partial charge in [0.15, 0.2) is 0 Å². The molecule has 2 unspecified atom stereocenters. The quantitative estimate of drug-likeness (QED) is 0.873. The SMILES string of the molecule is CCNC(Cc1c(Cl)c(C)nn1CC)C1CCCO1. The number of ether oxygens (including phenoxy) is 1. The number of aromatic nitrogens is 2. The molecule has 5 heteroatoms. The van der Waals surface area contributed by atoms with Gasteiger partial charge in [-0.2, -0.15) is 5.10 Å². The fourth-order valence-electron chi connectivity index (χ4n) is 2.79. The van der Waals surface area contributed by atoms with Crippen molar-refractivity contribution >= 4 is 11.6 Å². The second kappa shape index (κ2) is 6.73. The molecule has 2 atom stereocenters. The molecule has 108 valence electrons. The van der Waals surface area contributed by atoms with Crippen LogP contribution in [-0.4, -0.2) is 35.1 Å². The van der Waals surface area contributed by atoms with Crippen molar-refractivity contribution in [1.82, 2.24) is 15.1 Å². The number of aryl methyl sites for hydroxylation is 2. The Morgan fingerprint density at radius 1 is 1.53 bits per heavy atom. The van der Waals surface area contributed by atoms with Crippen molar-refractivity contribution in [3.8, 4) is 0 Å². The van der Waals surface area contributed by atoms with E-state index in [1.54, 1.807) is 0 Å². The van der Waals surface area contributed by atoms with Crippen molar-refractivity contribution in [2.45, 2.75) is 58.7 Å². The van der Waals surface area contributed by atoms with Crippen LogP contribution in [0.4, 0.5) is 0 Å². The molecule has 1 aromatic rings. The molecule has 19 heavy (non-hydrogen) atoms. The van der Waals surface area contributed by atoms with Crippen LogP contribution in [0, 0.1) is 6.92 Å². The van der Waals surface area contributed by atoms with Crippen molar-refractivity contribution < 1.29 is 4.74 Å². The molecule has 0 aliphatic carbocycles. The van der Waals surface area contributed by atoms with Crippen LogP contribution in [0.1, 0.15) is 38.1 Å². The van der Waals surface area contributed by atoms with Gasteiger partial charge in [-0.1, -0.05) is 18.5 Å². The van der Waals surface area contributed by atoms with Gasteiger partial charge in [0.2, 0.25) is 0 Å². The third kappa shape index (κ3) is 3.30. The molecule has 1 aliphatic heterocycles. The first-order valence-electron chi connectivity index (χ1n) is 7.24. The van der Waals surface area contributed by atoms with E-state index in [4.69, 9.17) is 16.3 Å². The van der Waals surface area contributed by atoms with Gasteiger partial charge < -0.3 is 10.1 Å². The maximum atomic E-state index is 6.39. The van der Waals surface area contributed by atoms with Crippen molar-refractivity contribution in [2.75, 3.05) is 13.2 Å². The van der Waals surface area contributed by atoms with Crippen LogP contribution in [-0.2, 0) is 17.7 Å². The topological polar surface area (TPSA) is 39.1 Å². The minimum Gasteiger partial charge on any atom is -0.377 e. The number of nitrogens with zero attached hydrogens (tertiary/aromatic N) is 2. The molecule has 0 radical (unpaired) electrons. The fraction of sp³-hybridized carbons (Fsp3) is 0.786. The monoisotopic (exact) mass is 285 g/mol. The first-order chi connectivity index (χ1) is 9.17. The predicted molar refractivity (Wildman–Crippen MR) is 77.8 cm³/mol. The maximum absolute atomic E-state index is 6.39. The number of halogens is 1. The van der Waals surface area contributed by atoms with Crippen molar-refractivity contribution in [3.05, 3.63) is 16.4 Å². The average Bonchev–Trinajstić information content (AvgIpc) is 3.01. The van der Waals surface area contributed by atoms with Gasteiger partial charge in [-0.3, -0.25) is 4.68 Å². The zero-order valence-corrected chi connectivity index (χ0v) is 12.8. The van der Waals surface area contributed by atoms with Crippen LogP contribution < -0.4 is 5.32 Å². The third-order valence-corrected chi connectivity index (χ3v) is 4.24. The predicted octanol–water partition coefficient (Wildman–Crippen LogP) is 2.56. The van der Waals surface area contributed by atoms with E-state index in [2.05, 4.69) is 24.3 Å². The summed E-state index contributed by atoms with van der Waals surface area (Å²) in [7, 11) is 0. The number of likely N-dealkylation sites (N-methyl/N-ethyl adjacent to an activating group) is 1. The van der Waals surface area contributed by atoms with Gasteiger partial charge in [0, 0.05) is 25.6 Å². The van der Waals surface area contributed by atoms with Gasteiger partial charge in [0.05, 0.1) is 22.5 Å². The van der Waals surface area contributed by atoms with Crippen LogP contribution in [0.25, 0.3) is 0 Å². The van der Waals surface area contributed by atoms with Crippen LogP contribution >= 0.6 is 11.6 Å². The molecule has 2 heterocycles. The van der Waals surface area contributed by atoms with Crippen molar-refractivity contribution in [2.24, 2.45) is 0 Å². The highest BCUT2D eigenvalue weighted by molar-refractivity contribution is 6.31. The number of hydrogen-bond donors (Lipinski definition) is 1. The van der Waals surface area contributed by atoms with Crippen LogP contribution in [0.3, 0.4) is 0 Å². The van der Waals surface area contributed by atoms with Gasteiger partial charge in [0.1, 0.15) is 0 Å². The molecule has 0 amide bonds. The summed E-state index contributed by atoms with van der Waals surface area (Å²) >= 11 is 6.39. The highest BCUT2D eigenvalue weighted by Gasteiger charge is 2.27. The highest BCUT2D eigenvalue weighted by Crippen LogP contribution is 2.25. The van der Waals surface area contributed by atoms with Crippen LogP contribution in [0.15, 0.2) is 0 Å². The molecular formula is C14H24ClN3O. The van der Waals surface area contributed by atoms with Crippen LogP contribution in [0.2, 0.25) is 5.02 Å². The van der Waals surface area contributed by atoms with Gasteiger partial charge in [0.25, 0.3) is 0 Å². The van der Waals surface area contributed by atoms with Crippen molar-refractivity contribution in [3.63, 3.8) is 0 Å². The summed E-state index contributed by atoms with van der Waals surface area (Å²) in [5.41, 5.74) is 2.05. The number of nitrogens with one attached hydrogen (secondary N) is 1. The third-order valence-electron chi connectivity index (χ3n) is 3.75. The molecule has 2 rings (SSSR count). The molecular weight excluding hydrogens is 262 g/mol. The van der Waals surface area contributed by atoms with Crippen molar-refractivity contribution in [1.29, 1.82) is 0 Å². The lowest BCUT2D eigenvalue weighted by Crippen LogP contribution is -2.41. The van der Waals surface area contributed by atoms with E-state index in [1.807, 2.05) is 11.6 Å². The Morgan fingerprint density at radius 2 is 2.32 bits per heavy atom. The fourth-order valence-corrected chi connectivity index (χ4v) is 3.00. The number of rotatable bonds is 6. The molecule has 4 nitrogen and oxygen atoms in total. The Hall–Kier alpha value is -0.580. The summed E-state index contributed by atoms with van der Waals surface area (Å²) in [6, 6.07) is 0.325. The molecule has 1 fully saturated rings. The summed E-state index contributed by atoms with van der Waals surface area (Å²) in [5.74, 6) is 0. The first-order valence-corrected chi connectivity index (χ1v) is 7.61. The van der Waals surface area contributed by atoms with E-state index in [1.165, 1.54) is 0 Å². The Kier molecular flexibility index (Phi) is 5.25. The molecule has 1 saturated heterocycles. The molecule has 0 saturated carbocycles. The molecule has 0 aromatic carbocycles. The first kappa shape index (κ1) is 14.8. The zero-order valence-electron chi connectivity index (χ0n) is 12.1. The second-order valence-electron chi connectivity index (χ2n) is 5.08. The number of hydrogen-bond acceptors (Lipinski definition) is 3. The Labute approximate surface area is 120 Å². The van der Waals surface area contributed by atoms with Gasteiger partial charge in [-0.15, -0.1) is 0 Å². The lowest BCUT2D eigenvalue weighted by Gasteiger charge is -2.24. The summed E-state index contributed by atoms with van der Waals surface area (Å²) in [5, 5.41) is 8.83. The van der Waals surface area contributed by atoms with Gasteiger partial charge in [-0.05, 0) is 33.2 Å². The summed E-state index contributed by atoms with van der Waals surface area (Å²) < 4.78 is 7.84. The average molecular weight is 286 g/mol. The van der Waals surface area contributed by atoms with E-state index >= 15 is 0 Å². The smallest absolute Gasteiger partial charge is 0.0847 e. The minimum atomic E-state index is 0.302. The van der Waals surface area contributed by atoms with E-state index < -0.39 is 0 Å². The Balaban J connectivity index is 2.16. The van der Waals surface area contributed by atoms with E-state index in [0.29, 0.717) is 12.1 Å². The zero-order chi connectivity index (χ0) is 13.8. The maximum Gasteiger partial charge on any atom is 0.0847 e. The van der Waals surface area contributed by atoms with E-state index in [9.17, 15) is 0 Å². The summed E-state index contributed by atoms with van der Waals surface area (Å²) in [6.45, 7) is 8.87. The van der Waals surface area contributed by atoms with E-state index in [-0.39, 0.29) is 0 Å². The normalized spacial score (nSPS) is 20.9. The Morgan fingerprint density at radius 3 is 2.89 bits per heavy atom. The highest BCUT2D eigenvalue weighted by atomic mass is 35.5. The largest absolute Gasteiger partial charge is 0.377 e. The molecule has 1 N–H and O–H groups in total. The summed E-state index contributed by atoms with van der Waals surface area (Å²) in [6.07, 6.45) is 3.48. The summed E-state index contributed by atoms with van der Waals surface area (Å²) in [4.78, 5) is 0. The Bertz CT molecular complexity index is 413. The molecule has 0 bridgehead atoms. The van der Waals surface area contributed by atoms with E-state index in [0.717, 1.165) is 55.4 Å². The standard InChI is InChI=1S/C14H24ClN3O/c1-4-16-11(13-7-6-8-19-13)9-12-14(15)10(3)17-18(12)5-2/h11,13,16H,4-9H2,1-3H3. The molecule has 0 spiro atoms. The van der Waals surface area contributed by atoms with Gasteiger partial charge in [-0.25, -0.2) is 0 Å². The lowest BCUT2D eigenvalue weighted by atomic mass is 10.0. The minimum absolute atomic E-state index is 0.302. The lowest BCUT2D eigenvalue weighted by molar-refractivity contribution is 0.0783.